The molecule has 5 nitrogen and oxygen atoms in total. The maximum absolute atomic E-state index is 12.5. The van der Waals surface area contributed by atoms with Crippen LogP contribution in [0.15, 0.2) is 70.6 Å². The number of carbonyl (C=O) groups excluding carboxylic acids is 1. The van der Waals surface area contributed by atoms with Gasteiger partial charge in [-0.05, 0) is 41.8 Å². The minimum absolute atomic E-state index is 0.266. The standard InChI is InChI=1S/C19H12ClN3O2S/c20-13-6-3-5-12(11-13)18(24)21-15-8-2-1-7-14(15)19-22-17(23-25-19)16-9-4-10-26-16/h1-11H,(H,21,24). The second-order valence-electron chi connectivity index (χ2n) is 5.41. The number of para-hydroxylation sites is 1. The molecular formula is C19H12ClN3O2S. The Balaban J connectivity index is 1.64. The highest BCUT2D eigenvalue weighted by molar-refractivity contribution is 7.13. The van der Waals surface area contributed by atoms with Crippen molar-refractivity contribution in [1.82, 2.24) is 10.1 Å². The van der Waals surface area contributed by atoms with Gasteiger partial charge in [0.25, 0.3) is 11.8 Å². The molecule has 26 heavy (non-hydrogen) atoms. The summed E-state index contributed by atoms with van der Waals surface area (Å²) in [6.07, 6.45) is 0. The monoisotopic (exact) mass is 381 g/mol. The summed E-state index contributed by atoms with van der Waals surface area (Å²) in [5.41, 5.74) is 1.70. The van der Waals surface area contributed by atoms with Gasteiger partial charge in [-0.2, -0.15) is 4.98 Å². The summed E-state index contributed by atoms with van der Waals surface area (Å²) in [6, 6.07) is 17.9. The van der Waals surface area contributed by atoms with Crippen LogP contribution < -0.4 is 5.32 Å². The molecule has 4 rings (SSSR count). The molecule has 1 N–H and O–H groups in total. The molecule has 0 spiro atoms. The van der Waals surface area contributed by atoms with E-state index in [-0.39, 0.29) is 5.91 Å². The maximum atomic E-state index is 12.5. The number of benzene rings is 2. The fraction of sp³-hybridized carbons (Fsp3) is 0. The van der Waals surface area contributed by atoms with Gasteiger partial charge in [-0.3, -0.25) is 4.79 Å². The van der Waals surface area contributed by atoms with Crippen LogP contribution >= 0.6 is 22.9 Å². The third-order valence-corrected chi connectivity index (χ3v) is 4.76. The van der Waals surface area contributed by atoms with Crippen LogP contribution in [0.4, 0.5) is 5.69 Å². The van der Waals surface area contributed by atoms with Gasteiger partial charge in [0.15, 0.2) is 0 Å². The Bertz CT molecular complexity index is 1060. The van der Waals surface area contributed by atoms with Crippen LogP contribution in [0.1, 0.15) is 10.4 Å². The zero-order valence-electron chi connectivity index (χ0n) is 13.3. The maximum Gasteiger partial charge on any atom is 0.260 e. The van der Waals surface area contributed by atoms with Crippen molar-refractivity contribution in [3.05, 3.63) is 76.6 Å². The number of nitrogens with one attached hydrogen (secondary N) is 1. The second kappa shape index (κ2) is 7.11. The predicted molar refractivity (Wildman–Crippen MR) is 102 cm³/mol. The number of rotatable bonds is 4. The minimum Gasteiger partial charge on any atom is -0.334 e. The highest BCUT2D eigenvalue weighted by Gasteiger charge is 2.16. The van der Waals surface area contributed by atoms with Crippen LogP contribution in [0, 0.1) is 0 Å². The van der Waals surface area contributed by atoms with Gasteiger partial charge in [0, 0.05) is 10.6 Å². The summed E-state index contributed by atoms with van der Waals surface area (Å²) in [4.78, 5) is 17.9. The lowest BCUT2D eigenvalue weighted by Crippen LogP contribution is -2.12. The molecule has 128 valence electrons. The Morgan fingerprint density at radius 3 is 2.77 bits per heavy atom. The highest BCUT2D eigenvalue weighted by Crippen LogP contribution is 2.30. The molecule has 0 radical (unpaired) electrons. The topological polar surface area (TPSA) is 68.0 Å². The van der Waals surface area contributed by atoms with Crippen LogP contribution in [0.25, 0.3) is 22.2 Å². The number of thiophene rings is 1. The van der Waals surface area contributed by atoms with Crippen molar-refractivity contribution < 1.29 is 9.32 Å². The van der Waals surface area contributed by atoms with E-state index in [1.165, 1.54) is 11.3 Å². The van der Waals surface area contributed by atoms with Crippen molar-refractivity contribution in [1.29, 1.82) is 0 Å². The normalized spacial score (nSPS) is 10.7. The molecular weight excluding hydrogens is 370 g/mol. The Hall–Kier alpha value is -2.96. The van der Waals surface area contributed by atoms with E-state index in [9.17, 15) is 4.79 Å². The SMILES string of the molecule is O=C(Nc1ccccc1-c1nc(-c2cccs2)no1)c1cccc(Cl)c1. The first kappa shape index (κ1) is 16.5. The molecule has 0 bridgehead atoms. The smallest absolute Gasteiger partial charge is 0.260 e. The molecule has 0 unspecified atom stereocenters. The number of hydrogen-bond donors (Lipinski definition) is 1. The molecule has 4 aromatic rings. The average molecular weight is 382 g/mol. The number of halogens is 1. The third-order valence-electron chi connectivity index (χ3n) is 3.66. The van der Waals surface area contributed by atoms with Crippen molar-refractivity contribution in [2.75, 3.05) is 5.32 Å². The molecule has 0 aliphatic carbocycles. The van der Waals surface area contributed by atoms with Crippen LogP contribution in [0.2, 0.25) is 5.02 Å². The lowest BCUT2D eigenvalue weighted by molar-refractivity contribution is 0.102. The Morgan fingerprint density at radius 1 is 1.08 bits per heavy atom. The van der Waals surface area contributed by atoms with Gasteiger partial charge >= 0.3 is 0 Å². The molecule has 0 saturated carbocycles. The Labute approximate surface area is 158 Å². The van der Waals surface area contributed by atoms with Crippen molar-refractivity contribution in [3.8, 4) is 22.2 Å². The Kier molecular flexibility index (Phi) is 4.51. The summed E-state index contributed by atoms with van der Waals surface area (Å²) in [5.74, 6) is 0.597. The zero-order chi connectivity index (χ0) is 17.9. The van der Waals surface area contributed by atoms with Gasteiger partial charge in [-0.1, -0.05) is 41.0 Å². The predicted octanol–water partition coefficient (Wildman–Crippen LogP) is 5.37. The van der Waals surface area contributed by atoms with E-state index in [1.807, 2.05) is 35.7 Å². The minimum atomic E-state index is -0.266. The number of aromatic nitrogens is 2. The van der Waals surface area contributed by atoms with Crippen molar-refractivity contribution in [2.24, 2.45) is 0 Å². The van der Waals surface area contributed by atoms with Gasteiger partial charge < -0.3 is 9.84 Å². The average Bonchev–Trinajstić information content (AvgIpc) is 3.34. The van der Waals surface area contributed by atoms with E-state index in [2.05, 4.69) is 15.5 Å². The number of amides is 1. The zero-order valence-corrected chi connectivity index (χ0v) is 14.9. The van der Waals surface area contributed by atoms with Crippen LogP contribution in [-0.4, -0.2) is 16.0 Å². The Morgan fingerprint density at radius 2 is 1.96 bits per heavy atom. The van der Waals surface area contributed by atoms with E-state index in [0.717, 1.165) is 4.88 Å². The summed E-state index contributed by atoms with van der Waals surface area (Å²) >= 11 is 7.49. The molecule has 2 heterocycles. The fourth-order valence-corrected chi connectivity index (χ4v) is 3.28. The summed E-state index contributed by atoms with van der Waals surface area (Å²) < 4.78 is 5.39. The first-order valence-corrected chi connectivity index (χ1v) is 9.00. The number of anilines is 1. The van der Waals surface area contributed by atoms with Gasteiger partial charge in [0.05, 0.1) is 16.1 Å². The molecule has 2 aromatic carbocycles. The number of hydrogen-bond acceptors (Lipinski definition) is 5. The van der Waals surface area contributed by atoms with Crippen LogP contribution in [0.5, 0.6) is 0 Å². The van der Waals surface area contributed by atoms with Gasteiger partial charge in [-0.15, -0.1) is 11.3 Å². The molecule has 0 saturated heterocycles. The number of nitrogens with zero attached hydrogens (tertiary/aromatic N) is 2. The van der Waals surface area contributed by atoms with E-state index in [4.69, 9.17) is 16.1 Å². The van der Waals surface area contributed by atoms with Crippen LogP contribution in [0.3, 0.4) is 0 Å². The number of carbonyl (C=O) groups is 1. The van der Waals surface area contributed by atoms with Crippen molar-refractivity contribution in [2.45, 2.75) is 0 Å². The van der Waals surface area contributed by atoms with E-state index < -0.39 is 0 Å². The molecule has 2 aromatic heterocycles. The van der Waals surface area contributed by atoms with Crippen molar-refractivity contribution in [3.63, 3.8) is 0 Å². The highest BCUT2D eigenvalue weighted by atomic mass is 35.5. The quantitative estimate of drug-likeness (QED) is 0.516. The molecule has 1 amide bonds. The largest absolute Gasteiger partial charge is 0.334 e. The van der Waals surface area contributed by atoms with Crippen molar-refractivity contribution >= 4 is 34.5 Å². The summed E-state index contributed by atoms with van der Waals surface area (Å²) in [6.45, 7) is 0. The van der Waals surface area contributed by atoms with Gasteiger partial charge in [-0.25, -0.2) is 0 Å². The third kappa shape index (κ3) is 3.37. The van der Waals surface area contributed by atoms with Gasteiger partial charge in [0.1, 0.15) is 0 Å². The summed E-state index contributed by atoms with van der Waals surface area (Å²) in [5, 5.41) is 9.35. The fourth-order valence-electron chi connectivity index (χ4n) is 2.44. The molecule has 0 fully saturated rings. The second-order valence-corrected chi connectivity index (χ2v) is 6.79. The van der Waals surface area contributed by atoms with E-state index >= 15 is 0 Å². The molecule has 0 aliphatic rings. The van der Waals surface area contributed by atoms with Crippen LogP contribution in [-0.2, 0) is 0 Å². The van der Waals surface area contributed by atoms with Gasteiger partial charge in [0.2, 0.25) is 5.82 Å². The van der Waals surface area contributed by atoms with E-state index in [1.54, 1.807) is 30.3 Å². The first-order valence-electron chi connectivity index (χ1n) is 7.74. The molecule has 0 aliphatic heterocycles. The first-order chi connectivity index (χ1) is 12.7. The summed E-state index contributed by atoms with van der Waals surface area (Å²) in [7, 11) is 0. The molecule has 7 heteroatoms. The van der Waals surface area contributed by atoms with E-state index in [0.29, 0.717) is 33.6 Å². The lowest BCUT2D eigenvalue weighted by Gasteiger charge is -2.08. The lowest BCUT2D eigenvalue weighted by atomic mass is 10.1. The molecule has 0 atom stereocenters.